The molecule has 3 heterocycles. The fourth-order valence-electron chi connectivity index (χ4n) is 3.27. The summed E-state index contributed by atoms with van der Waals surface area (Å²) in [6, 6.07) is 8.80. The molecule has 1 aliphatic heterocycles. The van der Waals surface area contributed by atoms with E-state index in [4.69, 9.17) is 26.2 Å². The molecular formula is C19H19ClN4O4. The average Bonchev–Trinajstić information content (AvgIpc) is 3.33. The van der Waals surface area contributed by atoms with Gasteiger partial charge in [0.05, 0.1) is 0 Å². The lowest BCUT2D eigenvalue weighted by Crippen LogP contribution is -2.38. The summed E-state index contributed by atoms with van der Waals surface area (Å²) in [4.78, 5) is 29.8. The summed E-state index contributed by atoms with van der Waals surface area (Å²) in [5.41, 5.74) is 6.57. The Morgan fingerprint density at radius 3 is 2.64 bits per heavy atom. The molecule has 8 nitrogen and oxygen atoms in total. The van der Waals surface area contributed by atoms with Crippen LogP contribution >= 0.6 is 11.6 Å². The number of oxazole rings is 1. The number of benzene rings is 1. The van der Waals surface area contributed by atoms with Crippen molar-refractivity contribution in [1.82, 2.24) is 10.3 Å². The van der Waals surface area contributed by atoms with Crippen LogP contribution in [0.4, 0.5) is 6.01 Å². The molecule has 0 atom stereocenters. The van der Waals surface area contributed by atoms with Crippen molar-refractivity contribution < 1.29 is 18.4 Å². The second-order valence-corrected chi connectivity index (χ2v) is 7.21. The van der Waals surface area contributed by atoms with E-state index in [0.717, 1.165) is 31.4 Å². The van der Waals surface area contributed by atoms with Gasteiger partial charge in [0.2, 0.25) is 0 Å². The highest BCUT2D eigenvalue weighted by Gasteiger charge is 2.24. The van der Waals surface area contributed by atoms with Crippen molar-refractivity contribution in [1.29, 1.82) is 0 Å². The molecule has 146 valence electrons. The van der Waals surface area contributed by atoms with Crippen molar-refractivity contribution in [3.63, 3.8) is 0 Å². The van der Waals surface area contributed by atoms with Crippen molar-refractivity contribution in [3.05, 3.63) is 46.9 Å². The fourth-order valence-corrected chi connectivity index (χ4v) is 3.43. The summed E-state index contributed by atoms with van der Waals surface area (Å²) in [5.74, 6) is -0.669. The number of fused-ring (bicyclic) bond motifs is 1. The Labute approximate surface area is 165 Å². The first-order valence-electron chi connectivity index (χ1n) is 8.98. The van der Waals surface area contributed by atoms with Crippen LogP contribution in [-0.4, -0.2) is 36.4 Å². The van der Waals surface area contributed by atoms with Gasteiger partial charge < -0.3 is 24.8 Å². The van der Waals surface area contributed by atoms with E-state index in [9.17, 15) is 9.59 Å². The molecule has 3 N–H and O–H groups in total. The van der Waals surface area contributed by atoms with Gasteiger partial charge in [0.15, 0.2) is 17.1 Å². The molecule has 4 rings (SSSR count). The number of carbonyl (C=O) groups excluding carboxylic acids is 2. The van der Waals surface area contributed by atoms with E-state index in [1.165, 1.54) is 12.1 Å². The zero-order valence-electron chi connectivity index (χ0n) is 15.0. The molecule has 1 aromatic carbocycles. The molecule has 0 aliphatic carbocycles. The van der Waals surface area contributed by atoms with Gasteiger partial charge in [0, 0.05) is 24.7 Å². The summed E-state index contributed by atoms with van der Waals surface area (Å²) in [6.07, 6.45) is 1.79. The molecule has 2 aromatic heterocycles. The number of amides is 2. The number of primary amides is 1. The number of hydrogen-bond donors (Lipinski definition) is 2. The number of halogens is 1. The normalized spacial score (nSPS) is 15.1. The van der Waals surface area contributed by atoms with Gasteiger partial charge in [-0.15, -0.1) is 0 Å². The van der Waals surface area contributed by atoms with E-state index in [2.05, 4.69) is 15.2 Å². The minimum atomic E-state index is -0.701. The second-order valence-electron chi connectivity index (χ2n) is 6.78. The van der Waals surface area contributed by atoms with E-state index < -0.39 is 5.91 Å². The Balaban J connectivity index is 1.30. The highest BCUT2D eigenvalue weighted by atomic mass is 35.5. The van der Waals surface area contributed by atoms with Crippen LogP contribution in [0.1, 0.15) is 34.0 Å². The van der Waals surface area contributed by atoms with Gasteiger partial charge >= 0.3 is 0 Å². The van der Waals surface area contributed by atoms with E-state index in [1.54, 1.807) is 12.1 Å². The number of rotatable bonds is 5. The molecule has 1 fully saturated rings. The van der Waals surface area contributed by atoms with E-state index in [0.29, 0.717) is 29.1 Å². The van der Waals surface area contributed by atoms with Crippen LogP contribution in [0.5, 0.6) is 0 Å². The zero-order chi connectivity index (χ0) is 19.7. The van der Waals surface area contributed by atoms with Crippen molar-refractivity contribution in [2.24, 2.45) is 11.7 Å². The van der Waals surface area contributed by atoms with Gasteiger partial charge in [-0.05, 0) is 49.1 Å². The molecule has 0 unspecified atom stereocenters. The topological polar surface area (TPSA) is 115 Å². The Morgan fingerprint density at radius 1 is 1.18 bits per heavy atom. The van der Waals surface area contributed by atoms with E-state index >= 15 is 0 Å². The van der Waals surface area contributed by atoms with Crippen LogP contribution in [0.15, 0.2) is 39.2 Å². The Hall–Kier alpha value is -3.00. The molecule has 0 saturated carbocycles. The number of nitrogens with two attached hydrogens (primary N) is 1. The Morgan fingerprint density at radius 2 is 1.93 bits per heavy atom. The molecular weight excluding hydrogens is 384 g/mol. The summed E-state index contributed by atoms with van der Waals surface area (Å²) < 4.78 is 10.9. The molecule has 0 radical (unpaired) electrons. The van der Waals surface area contributed by atoms with Gasteiger partial charge in [0.25, 0.3) is 17.8 Å². The molecule has 1 saturated heterocycles. The van der Waals surface area contributed by atoms with Gasteiger partial charge in [-0.3, -0.25) is 9.59 Å². The molecule has 3 aromatic rings. The predicted octanol–water partition coefficient (Wildman–Crippen LogP) is 2.82. The third-order valence-electron chi connectivity index (χ3n) is 4.85. The highest BCUT2D eigenvalue weighted by Crippen LogP contribution is 2.27. The summed E-state index contributed by atoms with van der Waals surface area (Å²) in [7, 11) is 0. The minimum Gasteiger partial charge on any atom is -0.446 e. The van der Waals surface area contributed by atoms with E-state index in [1.807, 2.05) is 6.07 Å². The van der Waals surface area contributed by atoms with Gasteiger partial charge in [-0.2, -0.15) is 4.98 Å². The number of nitrogens with one attached hydrogen (secondary N) is 1. The predicted molar refractivity (Wildman–Crippen MR) is 104 cm³/mol. The zero-order valence-corrected chi connectivity index (χ0v) is 15.7. The first-order chi connectivity index (χ1) is 13.5. The summed E-state index contributed by atoms with van der Waals surface area (Å²) in [6.45, 7) is 2.10. The number of nitrogens with zero attached hydrogens (tertiary/aromatic N) is 2. The quantitative estimate of drug-likeness (QED) is 0.678. The second kappa shape index (κ2) is 7.55. The number of hydrogen-bond acceptors (Lipinski definition) is 6. The number of furan rings is 1. The number of aromatic nitrogens is 1. The smallest absolute Gasteiger partial charge is 0.298 e. The number of piperidine rings is 1. The van der Waals surface area contributed by atoms with Crippen molar-refractivity contribution in [2.75, 3.05) is 24.5 Å². The minimum absolute atomic E-state index is 0.0296. The number of anilines is 1. The highest BCUT2D eigenvalue weighted by molar-refractivity contribution is 6.31. The van der Waals surface area contributed by atoms with Crippen LogP contribution in [0.3, 0.4) is 0 Å². The third-order valence-corrected chi connectivity index (χ3v) is 5.08. The van der Waals surface area contributed by atoms with Crippen molar-refractivity contribution in [3.8, 4) is 0 Å². The van der Waals surface area contributed by atoms with Crippen LogP contribution < -0.4 is 16.0 Å². The molecule has 0 bridgehead atoms. The van der Waals surface area contributed by atoms with Crippen molar-refractivity contribution in [2.45, 2.75) is 12.8 Å². The van der Waals surface area contributed by atoms with Crippen LogP contribution in [-0.2, 0) is 0 Å². The van der Waals surface area contributed by atoms with Crippen LogP contribution in [0.25, 0.3) is 11.1 Å². The third kappa shape index (κ3) is 3.82. The van der Waals surface area contributed by atoms with Gasteiger partial charge in [-0.1, -0.05) is 11.6 Å². The Bertz CT molecular complexity index is 1020. The lowest BCUT2D eigenvalue weighted by molar-refractivity contribution is 0.0908. The molecule has 2 amide bonds. The van der Waals surface area contributed by atoms with Gasteiger partial charge in [-0.25, -0.2) is 0 Å². The first-order valence-corrected chi connectivity index (χ1v) is 9.36. The fraction of sp³-hybridized carbons (Fsp3) is 0.316. The maximum atomic E-state index is 12.1. The van der Waals surface area contributed by atoms with Crippen LogP contribution in [0, 0.1) is 5.92 Å². The Kier molecular flexibility index (Phi) is 4.95. The molecule has 9 heteroatoms. The summed E-state index contributed by atoms with van der Waals surface area (Å²) >= 11 is 5.99. The maximum absolute atomic E-state index is 12.1. The monoisotopic (exact) mass is 402 g/mol. The van der Waals surface area contributed by atoms with Crippen LogP contribution in [0.2, 0.25) is 5.02 Å². The SMILES string of the molecule is NC(=O)c1ccc(C(=O)NCC2CCN(c3nc4cc(Cl)ccc4o3)CC2)o1. The average molecular weight is 403 g/mol. The largest absolute Gasteiger partial charge is 0.446 e. The summed E-state index contributed by atoms with van der Waals surface area (Å²) in [5, 5.41) is 3.47. The lowest BCUT2D eigenvalue weighted by Gasteiger charge is -2.30. The van der Waals surface area contributed by atoms with Gasteiger partial charge in [0.1, 0.15) is 5.52 Å². The van der Waals surface area contributed by atoms with E-state index in [-0.39, 0.29) is 17.4 Å². The molecule has 1 aliphatic rings. The standard InChI is InChI=1S/C19H19ClN4O4/c20-12-1-2-14-13(9-12)23-19(28-14)24-7-5-11(6-8-24)10-22-18(26)16-4-3-15(27-16)17(21)25/h1-4,9,11H,5-8,10H2,(H2,21,25)(H,22,26). The molecule has 0 spiro atoms. The lowest BCUT2D eigenvalue weighted by atomic mass is 9.97. The number of carbonyl (C=O) groups is 2. The molecule has 28 heavy (non-hydrogen) atoms. The van der Waals surface area contributed by atoms with Crippen molar-refractivity contribution >= 4 is 40.5 Å². The first kappa shape index (κ1) is 18.4. The maximum Gasteiger partial charge on any atom is 0.298 e.